The highest BCUT2D eigenvalue weighted by molar-refractivity contribution is 7.80. The van der Waals surface area contributed by atoms with E-state index in [2.05, 4.69) is 15.5 Å². The van der Waals surface area contributed by atoms with Crippen molar-refractivity contribution in [1.82, 2.24) is 10.2 Å². The van der Waals surface area contributed by atoms with Crippen molar-refractivity contribution in [3.8, 4) is 0 Å². The Hall–Kier alpha value is -3.94. The van der Waals surface area contributed by atoms with E-state index in [1.54, 1.807) is 12.1 Å². The van der Waals surface area contributed by atoms with E-state index in [9.17, 15) is 9.59 Å². The Morgan fingerprint density at radius 1 is 0.842 bits per heavy atom. The molecule has 1 fully saturated rings. The maximum atomic E-state index is 12.9. The van der Waals surface area contributed by atoms with E-state index in [1.165, 1.54) is 0 Å². The quantitative estimate of drug-likeness (QED) is 0.315. The second-order valence-electron chi connectivity index (χ2n) is 9.23. The van der Waals surface area contributed by atoms with Crippen molar-refractivity contribution in [3.05, 3.63) is 107 Å². The van der Waals surface area contributed by atoms with Crippen LogP contribution in [0, 0.1) is 6.92 Å². The minimum Gasteiger partial charge on any atom is -0.367 e. The number of rotatable bonds is 4. The molecule has 0 aliphatic carbocycles. The number of thiocarbonyl (C=S) groups is 1. The van der Waals surface area contributed by atoms with E-state index in [0.717, 1.165) is 27.6 Å². The minimum absolute atomic E-state index is 0.0626. The summed E-state index contributed by atoms with van der Waals surface area (Å²) in [6.07, 6.45) is 0. The van der Waals surface area contributed by atoms with Crippen LogP contribution in [0.5, 0.6) is 0 Å². The first-order valence-electron chi connectivity index (χ1n) is 12.4. The van der Waals surface area contributed by atoms with Gasteiger partial charge >= 0.3 is 0 Å². The predicted octanol–water partition coefficient (Wildman–Crippen LogP) is 5.89. The first kappa shape index (κ1) is 25.7. The van der Waals surface area contributed by atoms with Crippen molar-refractivity contribution in [2.45, 2.75) is 6.92 Å². The normalized spacial score (nSPS) is 13.3. The van der Waals surface area contributed by atoms with Gasteiger partial charge in [0.2, 0.25) is 0 Å². The Balaban J connectivity index is 1.17. The molecule has 2 N–H and O–H groups in total. The molecule has 2 amide bonds. The van der Waals surface area contributed by atoms with Crippen LogP contribution in [0.15, 0.2) is 84.9 Å². The summed E-state index contributed by atoms with van der Waals surface area (Å²) in [4.78, 5) is 29.7. The summed E-state index contributed by atoms with van der Waals surface area (Å²) in [5.41, 5.74) is 3.83. The van der Waals surface area contributed by atoms with Gasteiger partial charge in [0.1, 0.15) is 0 Å². The molecule has 38 heavy (non-hydrogen) atoms. The lowest BCUT2D eigenvalue weighted by Crippen LogP contribution is -2.49. The number of fused-ring (bicyclic) bond motifs is 1. The lowest BCUT2D eigenvalue weighted by atomic mass is 10.1. The van der Waals surface area contributed by atoms with Gasteiger partial charge in [0.15, 0.2) is 5.11 Å². The van der Waals surface area contributed by atoms with E-state index >= 15 is 0 Å². The van der Waals surface area contributed by atoms with Crippen molar-refractivity contribution < 1.29 is 9.59 Å². The molecule has 6 nitrogen and oxygen atoms in total. The molecular weight excluding hydrogens is 516 g/mol. The Bertz CT molecular complexity index is 1530. The third kappa shape index (κ3) is 5.64. The number of carbonyl (C=O) groups excluding carboxylic acids is 2. The molecule has 0 saturated carbocycles. The van der Waals surface area contributed by atoms with Crippen LogP contribution in [-0.4, -0.2) is 48.0 Å². The zero-order chi connectivity index (χ0) is 26.6. The van der Waals surface area contributed by atoms with Crippen LogP contribution in [-0.2, 0) is 0 Å². The third-order valence-corrected chi connectivity index (χ3v) is 7.23. The zero-order valence-electron chi connectivity index (χ0n) is 20.9. The average Bonchev–Trinajstić information content (AvgIpc) is 2.93. The number of hydrogen-bond donors (Lipinski definition) is 2. The molecule has 0 radical (unpaired) electrons. The highest BCUT2D eigenvalue weighted by Crippen LogP contribution is 2.30. The van der Waals surface area contributed by atoms with Crippen LogP contribution >= 0.6 is 23.8 Å². The lowest BCUT2D eigenvalue weighted by Gasteiger charge is -2.36. The van der Waals surface area contributed by atoms with E-state index in [4.69, 9.17) is 23.8 Å². The summed E-state index contributed by atoms with van der Waals surface area (Å²) in [7, 11) is 0. The molecule has 1 saturated heterocycles. The highest BCUT2D eigenvalue weighted by atomic mass is 35.5. The van der Waals surface area contributed by atoms with Crippen molar-refractivity contribution in [2.75, 3.05) is 36.4 Å². The van der Waals surface area contributed by atoms with Gasteiger partial charge in [-0.15, -0.1) is 0 Å². The molecule has 4 aromatic carbocycles. The van der Waals surface area contributed by atoms with Gasteiger partial charge in [-0.25, -0.2) is 0 Å². The molecule has 0 aromatic heterocycles. The van der Waals surface area contributed by atoms with Gasteiger partial charge in [-0.3, -0.25) is 14.9 Å². The van der Waals surface area contributed by atoms with E-state index in [0.29, 0.717) is 42.5 Å². The van der Waals surface area contributed by atoms with Gasteiger partial charge in [-0.1, -0.05) is 60.1 Å². The summed E-state index contributed by atoms with van der Waals surface area (Å²) in [5.74, 6) is -0.221. The Kier molecular flexibility index (Phi) is 7.58. The van der Waals surface area contributed by atoms with Crippen molar-refractivity contribution >= 4 is 62.9 Å². The Morgan fingerprint density at radius 2 is 1.55 bits per heavy atom. The lowest BCUT2D eigenvalue weighted by molar-refractivity contribution is 0.0746. The zero-order valence-corrected chi connectivity index (χ0v) is 22.5. The molecular formula is C30H27ClN4O2S. The topological polar surface area (TPSA) is 64.7 Å². The van der Waals surface area contributed by atoms with Crippen molar-refractivity contribution in [1.29, 1.82) is 0 Å². The van der Waals surface area contributed by atoms with Gasteiger partial charge in [0.05, 0.1) is 10.7 Å². The Morgan fingerprint density at radius 3 is 2.29 bits per heavy atom. The minimum atomic E-state index is -0.283. The molecule has 5 rings (SSSR count). The molecule has 4 aromatic rings. The third-order valence-electron chi connectivity index (χ3n) is 6.73. The van der Waals surface area contributed by atoms with E-state index in [-0.39, 0.29) is 16.9 Å². The highest BCUT2D eigenvalue weighted by Gasteiger charge is 2.24. The van der Waals surface area contributed by atoms with Crippen molar-refractivity contribution in [2.24, 2.45) is 0 Å². The number of amides is 2. The largest absolute Gasteiger partial charge is 0.367 e. The fraction of sp³-hybridized carbons (Fsp3) is 0.167. The maximum absolute atomic E-state index is 12.9. The van der Waals surface area contributed by atoms with E-state index in [1.807, 2.05) is 84.6 Å². The fourth-order valence-electron chi connectivity index (χ4n) is 4.64. The summed E-state index contributed by atoms with van der Waals surface area (Å²) >= 11 is 12.0. The maximum Gasteiger partial charge on any atom is 0.257 e. The van der Waals surface area contributed by atoms with Crippen LogP contribution in [0.1, 0.15) is 26.3 Å². The van der Waals surface area contributed by atoms with Gasteiger partial charge in [-0.2, -0.15) is 0 Å². The first-order valence-corrected chi connectivity index (χ1v) is 13.2. The smallest absolute Gasteiger partial charge is 0.257 e. The average molecular weight is 543 g/mol. The number of hydrogen-bond acceptors (Lipinski definition) is 4. The van der Waals surface area contributed by atoms with Crippen LogP contribution in [0.4, 0.5) is 11.4 Å². The summed E-state index contributed by atoms with van der Waals surface area (Å²) in [6.45, 7) is 4.57. The van der Waals surface area contributed by atoms with E-state index < -0.39 is 0 Å². The first-order chi connectivity index (χ1) is 18.4. The second kappa shape index (κ2) is 11.2. The van der Waals surface area contributed by atoms with Crippen LogP contribution in [0.25, 0.3) is 10.8 Å². The number of piperazine rings is 1. The van der Waals surface area contributed by atoms with Gasteiger partial charge in [0.25, 0.3) is 11.8 Å². The molecule has 0 spiro atoms. The number of nitrogens with zero attached hydrogens (tertiary/aromatic N) is 2. The van der Waals surface area contributed by atoms with Crippen LogP contribution < -0.4 is 15.5 Å². The SMILES string of the molecule is Cc1ccccc1C(=O)N1CCN(c2ccc(NC(=S)NC(=O)c3ccc4ccccc4c3)cc2Cl)CC1. The number of benzene rings is 4. The molecule has 0 bridgehead atoms. The summed E-state index contributed by atoms with van der Waals surface area (Å²) < 4.78 is 0. The summed E-state index contributed by atoms with van der Waals surface area (Å²) in [6, 6.07) is 26.7. The number of carbonyl (C=O) groups is 2. The van der Waals surface area contributed by atoms with Gasteiger partial charge in [-0.05, 0) is 71.9 Å². The van der Waals surface area contributed by atoms with Gasteiger partial charge < -0.3 is 15.1 Å². The monoisotopic (exact) mass is 542 g/mol. The molecule has 8 heteroatoms. The number of anilines is 2. The Labute approximate surface area is 232 Å². The molecule has 1 heterocycles. The molecule has 0 atom stereocenters. The fourth-order valence-corrected chi connectivity index (χ4v) is 5.15. The molecule has 1 aliphatic heterocycles. The number of aryl methyl sites for hydroxylation is 1. The van der Waals surface area contributed by atoms with Gasteiger partial charge in [0, 0.05) is 43.0 Å². The second-order valence-corrected chi connectivity index (χ2v) is 10.0. The van der Waals surface area contributed by atoms with Crippen LogP contribution in [0.2, 0.25) is 5.02 Å². The number of halogens is 1. The molecule has 192 valence electrons. The predicted molar refractivity (Wildman–Crippen MR) is 158 cm³/mol. The standard InChI is InChI=1S/C30H27ClN4O2S/c1-20-6-2-5-9-25(20)29(37)35-16-14-34(15-17-35)27-13-12-24(19-26(27)31)32-30(38)33-28(36)23-11-10-21-7-3-4-8-22(21)18-23/h2-13,18-19H,14-17H2,1H3,(H2,32,33,36,38). The summed E-state index contributed by atoms with van der Waals surface area (Å²) in [5, 5.41) is 8.58. The van der Waals surface area contributed by atoms with Crippen molar-refractivity contribution in [3.63, 3.8) is 0 Å². The molecule has 0 unspecified atom stereocenters. The number of nitrogens with one attached hydrogen (secondary N) is 2. The van der Waals surface area contributed by atoms with Crippen LogP contribution in [0.3, 0.4) is 0 Å². The molecule has 1 aliphatic rings.